The van der Waals surface area contributed by atoms with E-state index in [9.17, 15) is 9.18 Å². The van der Waals surface area contributed by atoms with Gasteiger partial charge in [-0.25, -0.2) is 4.39 Å². The van der Waals surface area contributed by atoms with Crippen molar-refractivity contribution in [1.82, 2.24) is 4.90 Å². The lowest BCUT2D eigenvalue weighted by molar-refractivity contribution is 0.0784. The minimum absolute atomic E-state index is 0.121. The molecule has 0 spiro atoms. The van der Waals surface area contributed by atoms with Crippen molar-refractivity contribution in [3.63, 3.8) is 0 Å². The van der Waals surface area contributed by atoms with E-state index < -0.39 is 0 Å². The molecule has 0 radical (unpaired) electrons. The van der Waals surface area contributed by atoms with Crippen LogP contribution in [0.3, 0.4) is 0 Å². The fraction of sp³-hybridized carbons (Fsp3) is 0.188. The Morgan fingerprint density at radius 3 is 2.50 bits per heavy atom. The molecule has 2 aromatic carbocycles. The molecule has 0 fully saturated rings. The predicted octanol–water partition coefficient (Wildman–Crippen LogP) is 4.17. The Morgan fingerprint density at radius 1 is 1.20 bits per heavy atom. The van der Waals surface area contributed by atoms with Crippen LogP contribution in [-0.2, 0) is 6.54 Å². The number of benzene rings is 2. The molecule has 104 valence electrons. The van der Waals surface area contributed by atoms with Gasteiger partial charge in [-0.05, 0) is 37.3 Å². The number of rotatable bonds is 3. The third-order valence-electron chi connectivity index (χ3n) is 3.06. The van der Waals surface area contributed by atoms with Gasteiger partial charge in [0.15, 0.2) is 0 Å². The van der Waals surface area contributed by atoms with Crippen LogP contribution in [0.1, 0.15) is 21.5 Å². The van der Waals surface area contributed by atoms with Crippen molar-refractivity contribution in [2.45, 2.75) is 13.5 Å². The van der Waals surface area contributed by atoms with E-state index in [0.717, 1.165) is 10.0 Å². The van der Waals surface area contributed by atoms with E-state index in [1.807, 2.05) is 19.1 Å². The van der Waals surface area contributed by atoms with Crippen molar-refractivity contribution in [3.8, 4) is 0 Å². The summed E-state index contributed by atoms with van der Waals surface area (Å²) in [6.45, 7) is 2.20. The summed E-state index contributed by atoms with van der Waals surface area (Å²) in [4.78, 5) is 13.8. The first-order valence-electron chi connectivity index (χ1n) is 6.23. The Morgan fingerprint density at radius 2 is 1.85 bits per heavy atom. The highest BCUT2D eigenvalue weighted by molar-refractivity contribution is 9.10. The van der Waals surface area contributed by atoms with E-state index in [-0.39, 0.29) is 18.3 Å². The van der Waals surface area contributed by atoms with Crippen LogP contribution in [0.5, 0.6) is 0 Å². The van der Waals surface area contributed by atoms with Crippen LogP contribution in [0, 0.1) is 12.7 Å². The predicted molar refractivity (Wildman–Crippen MR) is 81.1 cm³/mol. The summed E-state index contributed by atoms with van der Waals surface area (Å²) in [6, 6.07) is 12.1. The molecule has 1 amide bonds. The highest BCUT2D eigenvalue weighted by Crippen LogP contribution is 2.17. The third-order valence-corrected chi connectivity index (χ3v) is 3.55. The largest absolute Gasteiger partial charge is 0.337 e. The van der Waals surface area contributed by atoms with Gasteiger partial charge < -0.3 is 4.90 Å². The van der Waals surface area contributed by atoms with Crippen LogP contribution >= 0.6 is 15.9 Å². The highest BCUT2D eigenvalue weighted by atomic mass is 79.9. The van der Waals surface area contributed by atoms with Crippen molar-refractivity contribution >= 4 is 21.8 Å². The van der Waals surface area contributed by atoms with Gasteiger partial charge in [0, 0.05) is 29.2 Å². The van der Waals surface area contributed by atoms with Crippen molar-refractivity contribution in [3.05, 3.63) is 69.4 Å². The Balaban J connectivity index is 2.15. The van der Waals surface area contributed by atoms with Crippen LogP contribution in [0.2, 0.25) is 0 Å². The van der Waals surface area contributed by atoms with Crippen molar-refractivity contribution < 1.29 is 9.18 Å². The van der Waals surface area contributed by atoms with E-state index in [4.69, 9.17) is 0 Å². The monoisotopic (exact) mass is 335 g/mol. The average molecular weight is 336 g/mol. The van der Waals surface area contributed by atoms with Gasteiger partial charge in [-0.3, -0.25) is 4.79 Å². The Hall–Kier alpha value is -1.68. The lowest BCUT2D eigenvalue weighted by Crippen LogP contribution is -2.26. The van der Waals surface area contributed by atoms with Crippen molar-refractivity contribution in [1.29, 1.82) is 0 Å². The Labute approximate surface area is 126 Å². The molecule has 0 saturated heterocycles. The summed E-state index contributed by atoms with van der Waals surface area (Å²) in [5, 5.41) is 0. The summed E-state index contributed by atoms with van der Waals surface area (Å²) >= 11 is 3.31. The summed E-state index contributed by atoms with van der Waals surface area (Å²) < 4.78 is 14.5. The summed E-state index contributed by atoms with van der Waals surface area (Å²) in [5.41, 5.74) is 2.19. The first kappa shape index (κ1) is 14.7. The molecule has 0 N–H and O–H groups in total. The molecule has 0 aliphatic rings. The first-order chi connectivity index (χ1) is 9.47. The van der Waals surface area contributed by atoms with Gasteiger partial charge in [-0.2, -0.15) is 0 Å². The van der Waals surface area contributed by atoms with Gasteiger partial charge in [0.05, 0.1) is 0 Å². The van der Waals surface area contributed by atoms with Crippen LogP contribution in [-0.4, -0.2) is 17.9 Å². The molecule has 0 heterocycles. The van der Waals surface area contributed by atoms with Crippen LogP contribution in [0.4, 0.5) is 4.39 Å². The Kier molecular flexibility index (Phi) is 4.55. The van der Waals surface area contributed by atoms with E-state index in [1.54, 1.807) is 31.3 Å². The van der Waals surface area contributed by atoms with Crippen molar-refractivity contribution in [2.75, 3.05) is 7.05 Å². The minimum atomic E-state index is -0.309. The highest BCUT2D eigenvalue weighted by Gasteiger charge is 2.13. The second-order valence-corrected chi connectivity index (χ2v) is 5.68. The third kappa shape index (κ3) is 3.45. The zero-order chi connectivity index (χ0) is 14.7. The SMILES string of the molecule is Cc1ccc(C(=O)N(C)Cc2cc(Br)ccc2F)cc1. The number of hydrogen-bond acceptors (Lipinski definition) is 1. The number of nitrogens with zero attached hydrogens (tertiary/aromatic N) is 1. The van der Waals surface area contributed by atoms with Gasteiger partial charge in [-0.15, -0.1) is 0 Å². The van der Waals surface area contributed by atoms with E-state index in [0.29, 0.717) is 11.1 Å². The second-order valence-electron chi connectivity index (χ2n) is 4.76. The summed E-state index contributed by atoms with van der Waals surface area (Å²) in [7, 11) is 1.67. The number of amides is 1. The fourth-order valence-electron chi connectivity index (χ4n) is 1.91. The topological polar surface area (TPSA) is 20.3 Å². The Bertz CT molecular complexity index is 625. The zero-order valence-electron chi connectivity index (χ0n) is 11.4. The molecule has 4 heteroatoms. The standard InChI is InChI=1S/C16H15BrFNO/c1-11-3-5-12(6-4-11)16(20)19(2)10-13-9-14(17)7-8-15(13)18/h3-9H,10H2,1-2H3. The van der Waals surface area contributed by atoms with Gasteiger partial charge in [0.1, 0.15) is 5.82 Å². The molecule has 2 aromatic rings. The maximum absolute atomic E-state index is 13.7. The molecular weight excluding hydrogens is 321 g/mol. The van der Waals surface area contributed by atoms with Crippen molar-refractivity contribution in [2.24, 2.45) is 0 Å². The molecule has 0 bridgehead atoms. The maximum Gasteiger partial charge on any atom is 0.253 e. The molecule has 2 nitrogen and oxygen atoms in total. The molecular formula is C16H15BrFNO. The number of carbonyl (C=O) groups excluding carboxylic acids is 1. The van der Waals surface area contributed by atoms with Gasteiger partial charge >= 0.3 is 0 Å². The molecule has 20 heavy (non-hydrogen) atoms. The zero-order valence-corrected chi connectivity index (χ0v) is 12.9. The molecule has 0 aliphatic carbocycles. The lowest BCUT2D eigenvalue weighted by atomic mass is 10.1. The van der Waals surface area contributed by atoms with E-state index in [1.165, 1.54) is 11.0 Å². The number of carbonyl (C=O) groups is 1. The average Bonchev–Trinajstić information content (AvgIpc) is 2.43. The van der Waals surface area contributed by atoms with Gasteiger partial charge in [-0.1, -0.05) is 33.6 Å². The second kappa shape index (κ2) is 6.18. The summed E-state index contributed by atoms with van der Waals surface area (Å²) in [6.07, 6.45) is 0. The van der Waals surface area contributed by atoms with Crippen LogP contribution in [0.25, 0.3) is 0 Å². The molecule has 0 aliphatic heterocycles. The minimum Gasteiger partial charge on any atom is -0.337 e. The molecule has 0 unspecified atom stereocenters. The van der Waals surface area contributed by atoms with Crippen LogP contribution < -0.4 is 0 Å². The first-order valence-corrected chi connectivity index (χ1v) is 7.03. The number of aryl methyl sites for hydroxylation is 1. The van der Waals surface area contributed by atoms with E-state index >= 15 is 0 Å². The van der Waals surface area contributed by atoms with Gasteiger partial charge in [0.2, 0.25) is 0 Å². The maximum atomic E-state index is 13.7. The lowest BCUT2D eigenvalue weighted by Gasteiger charge is -2.18. The number of halogens is 2. The van der Waals surface area contributed by atoms with E-state index in [2.05, 4.69) is 15.9 Å². The molecule has 2 rings (SSSR count). The summed E-state index contributed by atoms with van der Waals surface area (Å²) in [5.74, 6) is -0.430. The van der Waals surface area contributed by atoms with Crippen LogP contribution in [0.15, 0.2) is 46.9 Å². The molecule has 0 atom stereocenters. The number of hydrogen-bond donors (Lipinski definition) is 0. The fourth-order valence-corrected chi connectivity index (χ4v) is 2.32. The smallest absolute Gasteiger partial charge is 0.253 e. The molecule has 0 aromatic heterocycles. The molecule has 0 saturated carbocycles. The van der Waals surface area contributed by atoms with Gasteiger partial charge in [0.25, 0.3) is 5.91 Å². The normalized spacial score (nSPS) is 10.4. The quantitative estimate of drug-likeness (QED) is 0.824.